The van der Waals surface area contributed by atoms with Crippen LogP contribution in [0.1, 0.15) is 10.4 Å². The highest BCUT2D eigenvalue weighted by atomic mass is 16.5. The Morgan fingerprint density at radius 3 is 2.60 bits per heavy atom. The van der Waals surface area contributed by atoms with Crippen LogP contribution in [0.3, 0.4) is 0 Å². The van der Waals surface area contributed by atoms with Crippen LogP contribution in [0.25, 0.3) is 0 Å². The number of nitrogens with one attached hydrogen (secondary N) is 1. The second-order valence-corrected chi connectivity index (χ2v) is 2.71. The van der Waals surface area contributed by atoms with Crippen molar-refractivity contribution in [2.45, 2.75) is 0 Å². The fraction of sp³-hybridized carbons (Fsp3) is 0.111. The van der Waals surface area contributed by atoms with Crippen molar-refractivity contribution in [2.75, 3.05) is 12.4 Å². The third-order valence-electron chi connectivity index (χ3n) is 1.69. The van der Waals surface area contributed by atoms with Gasteiger partial charge in [0.1, 0.15) is 5.75 Å². The normalized spacial score (nSPS) is 9.40. The fourth-order valence-corrected chi connectivity index (χ4v) is 0.987. The van der Waals surface area contributed by atoms with Crippen molar-refractivity contribution in [1.82, 2.24) is 0 Å². The van der Waals surface area contributed by atoms with Crippen LogP contribution >= 0.6 is 0 Å². The molecule has 0 fully saturated rings. The maximum Gasteiger partial charge on any atom is 0.411 e. The molecule has 6 heteroatoms. The summed E-state index contributed by atoms with van der Waals surface area (Å²) in [5.41, 5.74) is 5.28. The molecule has 0 saturated carbocycles. The quantitative estimate of drug-likeness (QED) is 0.667. The molecule has 0 heterocycles. The summed E-state index contributed by atoms with van der Waals surface area (Å²) >= 11 is 0. The molecule has 2 amide bonds. The molecule has 0 bridgehead atoms. The third-order valence-corrected chi connectivity index (χ3v) is 1.69. The zero-order valence-electron chi connectivity index (χ0n) is 7.98. The van der Waals surface area contributed by atoms with Crippen LogP contribution in [-0.4, -0.2) is 24.2 Å². The molecule has 0 saturated heterocycles. The molecule has 1 rings (SSSR count). The number of primary amides is 1. The summed E-state index contributed by atoms with van der Waals surface area (Å²) in [4.78, 5) is 21.6. The number of amides is 2. The molecule has 0 aromatic heterocycles. The van der Waals surface area contributed by atoms with Gasteiger partial charge in [-0.25, -0.2) is 4.79 Å². The van der Waals surface area contributed by atoms with Crippen LogP contribution in [0, 0.1) is 0 Å². The predicted molar refractivity (Wildman–Crippen MR) is 52.7 cm³/mol. The molecular formula is C9H10N2O4. The van der Waals surface area contributed by atoms with E-state index in [0.29, 0.717) is 5.69 Å². The summed E-state index contributed by atoms with van der Waals surface area (Å²) in [6, 6.07) is 3.94. The molecule has 6 nitrogen and oxygen atoms in total. The van der Waals surface area contributed by atoms with Crippen LogP contribution in [0.5, 0.6) is 5.75 Å². The molecule has 80 valence electrons. The van der Waals surface area contributed by atoms with Gasteiger partial charge in [-0.2, -0.15) is 0 Å². The Labute approximate surface area is 85.6 Å². The minimum atomic E-state index is -0.739. The van der Waals surface area contributed by atoms with Crippen molar-refractivity contribution >= 4 is 17.7 Å². The van der Waals surface area contributed by atoms with Crippen LogP contribution in [0.4, 0.5) is 10.5 Å². The lowest BCUT2D eigenvalue weighted by atomic mass is 10.1. The molecule has 0 spiro atoms. The first-order valence-electron chi connectivity index (χ1n) is 4.02. The highest BCUT2D eigenvalue weighted by Gasteiger charge is 2.09. The van der Waals surface area contributed by atoms with Crippen LogP contribution in [0.2, 0.25) is 0 Å². The number of benzene rings is 1. The van der Waals surface area contributed by atoms with E-state index in [1.807, 2.05) is 0 Å². The number of aromatic hydroxyl groups is 1. The van der Waals surface area contributed by atoms with Crippen molar-refractivity contribution in [1.29, 1.82) is 0 Å². The Balaban J connectivity index is 2.91. The first-order valence-corrected chi connectivity index (χ1v) is 4.02. The lowest BCUT2D eigenvalue weighted by molar-refractivity contribution is 0.0998. The minimum Gasteiger partial charge on any atom is -0.507 e. The molecule has 1 aromatic rings. The van der Waals surface area contributed by atoms with Gasteiger partial charge in [0, 0.05) is 11.8 Å². The molecule has 15 heavy (non-hydrogen) atoms. The van der Waals surface area contributed by atoms with Crippen molar-refractivity contribution in [3.63, 3.8) is 0 Å². The number of carbonyl (C=O) groups excluding carboxylic acids is 2. The Kier molecular flexibility index (Phi) is 3.12. The average molecular weight is 210 g/mol. The number of ether oxygens (including phenoxy) is 1. The van der Waals surface area contributed by atoms with Crippen LogP contribution < -0.4 is 11.1 Å². The highest BCUT2D eigenvalue weighted by Crippen LogP contribution is 2.21. The van der Waals surface area contributed by atoms with Crippen molar-refractivity contribution < 1.29 is 19.4 Å². The van der Waals surface area contributed by atoms with E-state index in [-0.39, 0.29) is 11.3 Å². The number of carbonyl (C=O) groups is 2. The number of phenols is 1. The summed E-state index contributed by atoms with van der Waals surface area (Å²) in [5.74, 6) is -1.03. The molecule has 0 unspecified atom stereocenters. The van der Waals surface area contributed by atoms with E-state index >= 15 is 0 Å². The van der Waals surface area contributed by atoms with Gasteiger partial charge in [0.25, 0.3) is 5.91 Å². The summed E-state index contributed by atoms with van der Waals surface area (Å²) in [6.07, 6.45) is -0.666. The Morgan fingerprint density at radius 2 is 2.13 bits per heavy atom. The summed E-state index contributed by atoms with van der Waals surface area (Å²) in [7, 11) is 1.22. The molecule has 0 radical (unpaired) electrons. The van der Waals surface area contributed by atoms with Crippen molar-refractivity contribution in [3.05, 3.63) is 23.8 Å². The SMILES string of the molecule is COC(=O)Nc1ccc(C(N)=O)c(O)c1. The minimum absolute atomic E-state index is 0.00887. The molecule has 0 aliphatic rings. The number of methoxy groups -OCH3 is 1. The Bertz CT molecular complexity index is 403. The van der Waals surface area contributed by atoms with Gasteiger partial charge in [-0.15, -0.1) is 0 Å². The van der Waals surface area contributed by atoms with Gasteiger partial charge in [0.05, 0.1) is 12.7 Å². The molecule has 0 atom stereocenters. The van der Waals surface area contributed by atoms with E-state index in [1.54, 1.807) is 0 Å². The van der Waals surface area contributed by atoms with Gasteiger partial charge in [0.2, 0.25) is 0 Å². The summed E-state index contributed by atoms with van der Waals surface area (Å²) in [5, 5.41) is 11.7. The second kappa shape index (κ2) is 4.32. The standard InChI is InChI=1S/C9H10N2O4/c1-15-9(14)11-5-2-3-6(8(10)13)7(12)4-5/h2-4,12H,1H3,(H2,10,13)(H,11,14). The first-order chi connectivity index (χ1) is 7.04. The monoisotopic (exact) mass is 210 g/mol. The molecular weight excluding hydrogens is 200 g/mol. The van der Waals surface area contributed by atoms with Gasteiger partial charge < -0.3 is 15.6 Å². The zero-order chi connectivity index (χ0) is 11.4. The third kappa shape index (κ3) is 2.60. The topological polar surface area (TPSA) is 102 Å². The number of hydrogen-bond donors (Lipinski definition) is 3. The molecule has 0 aliphatic carbocycles. The van der Waals surface area contributed by atoms with Gasteiger partial charge in [-0.3, -0.25) is 10.1 Å². The number of nitrogens with two attached hydrogens (primary N) is 1. The van der Waals surface area contributed by atoms with E-state index in [1.165, 1.54) is 25.3 Å². The van der Waals surface area contributed by atoms with Crippen LogP contribution in [0.15, 0.2) is 18.2 Å². The number of rotatable bonds is 2. The summed E-state index contributed by atoms with van der Waals surface area (Å²) < 4.78 is 4.35. The highest BCUT2D eigenvalue weighted by molar-refractivity contribution is 5.96. The van der Waals surface area contributed by atoms with Gasteiger partial charge in [0.15, 0.2) is 0 Å². The zero-order valence-corrected chi connectivity index (χ0v) is 7.98. The van der Waals surface area contributed by atoms with Crippen molar-refractivity contribution in [3.8, 4) is 5.75 Å². The lowest BCUT2D eigenvalue weighted by Gasteiger charge is -2.05. The molecule has 1 aromatic carbocycles. The number of hydrogen-bond acceptors (Lipinski definition) is 4. The predicted octanol–water partition coefficient (Wildman–Crippen LogP) is 0.669. The van der Waals surface area contributed by atoms with Gasteiger partial charge in [-0.05, 0) is 12.1 Å². The molecule has 0 aliphatic heterocycles. The Hall–Kier alpha value is -2.24. The number of anilines is 1. The fourth-order valence-electron chi connectivity index (χ4n) is 0.987. The van der Waals surface area contributed by atoms with E-state index in [4.69, 9.17) is 5.73 Å². The van der Waals surface area contributed by atoms with E-state index in [0.717, 1.165) is 0 Å². The largest absolute Gasteiger partial charge is 0.507 e. The van der Waals surface area contributed by atoms with Crippen LogP contribution in [-0.2, 0) is 4.74 Å². The van der Waals surface area contributed by atoms with Gasteiger partial charge in [-0.1, -0.05) is 0 Å². The molecule has 4 N–H and O–H groups in total. The lowest BCUT2D eigenvalue weighted by Crippen LogP contribution is -2.13. The first kappa shape index (κ1) is 10.8. The second-order valence-electron chi connectivity index (χ2n) is 2.71. The smallest absolute Gasteiger partial charge is 0.411 e. The maximum atomic E-state index is 10.8. The maximum absolute atomic E-state index is 10.8. The van der Waals surface area contributed by atoms with Gasteiger partial charge >= 0.3 is 6.09 Å². The van der Waals surface area contributed by atoms with Crippen molar-refractivity contribution in [2.24, 2.45) is 5.73 Å². The Morgan fingerprint density at radius 1 is 1.47 bits per heavy atom. The van der Waals surface area contributed by atoms with E-state index in [2.05, 4.69) is 10.1 Å². The van der Waals surface area contributed by atoms with E-state index in [9.17, 15) is 14.7 Å². The van der Waals surface area contributed by atoms with E-state index < -0.39 is 12.0 Å². The summed E-state index contributed by atoms with van der Waals surface area (Å²) in [6.45, 7) is 0. The average Bonchev–Trinajstić information content (AvgIpc) is 2.17.